The Bertz CT molecular complexity index is 759. The van der Waals surface area contributed by atoms with Crippen LogP contribution in [-0.4, -0.2) is 0 Å². The summed E-state index contributed by atoms with van der Waals surface area (Å²) in [6.45, 7) is 0. The average Bonchev–Trinajstić information content (AvgIpc) is 2.49. The predicted molar refractivity (Wildman–Crippen MR) is 100 cm³/mol. The van der Waals surface area contributed by atoms with Crippen molar-refractivity contribution >= 4 is 47.8 Å². The van der Waals surface area contributed by atoms with Gasteiger partial charge in [-0.25, -0.2) is 0 Å². The molecular formula is C18H11Br3. The van der Waals surface area contributed by atoms with Gasteiger partial charge in [-0.2, -0.15) is 0 Å². The van der Waals surface area contributed by atoms with E-state index >= 15 is 0 Å². The number of halogens is 3. The zero-order chi connectivity index (χ0) is 14.8. The Morgan fingerprint density at radius 1 is 0.429 bits per heavy atom. The van der Waals surface area contributed by atoms with Crippen LogP contribution in [0.2, 0.25) is 0 Å². The van der Waals surface area contributed by atoms with Crippen LogP contribution in [0.5, 0.6) is 0 Å². The second-order valence-electron chi connectivity index (χ2n) is 4.70. The third-order valence-corrected chi connectivity index (χ3v) is 4.84. The minimum Gasteiger partial charge on any atom is -0.0532 e. The van der Waals surface area contributed by atoms with E-state index in [1.165, 1.54) is 22.3 Å². The lowest BCUT2D eigenvalue weighted by molar-refractivity contribution is 1.54. The smallest absolute Gasteiger partial charge is 0.0181 e. The molecule has 3 rings (SSSR count). The van der Waals surface area contributed by atoms with Gasteiger partial charge in [-0.05, 0) is 58.7 Å². The van der Waals surface area contributed by atoms with Crippen LogP contribution in [-0.2, 0) is 0 Å². The van der Waals surface area contributed by atoms with E-state index < -0.39 is 0 Å². The molecule has 0 aromatic heterocycles. The highest BCUT2D eigenvalue weighted by Gasteiger charge is 2.08. The molecule has 0 aliphatic rings. The summed E-state index contributed by atoms with van der Waals surface area (Å²) in [4.78, 5) is 0. The Morgan fingerprint density at radius 2 is 0.857 bits per heavy atom. The Hall–Kier alpha value is -0.900. The number of hydrogen-bond acceptors (Lipinski definition) is 0. The fourth-order valence-electron chi connectivity index (χ4n) is 2.27. The van der Waals surface area contributed by atoms with Crippen LogP contribution >= 0.6 is 47.8 Å². The van der Waals surface area contributed by atoms with Crippen molar-refractivity contribution in [2.24, 2.45) is 0 Å². The molecular weight excluding hydrogens is 456 g/mol. The molecule has 3 aromatic carbocycles. The van der Waals surface area contributed by atoms with E-state index in [1.54, 1.807) is 0 Å². The summed E-state index contributed by atoms with van der Waals surface area (Å²) in [6.07, 6.45) is 0. The standard InChI is InChI=1S/C18H11Br3/c19-14-5-1-12(2-6-14)17-10-9-16(21)11-18(17)13-3-7-15(20)8-4-13/h1-11H. The second-order valence-corrected chi connectivity index (χ2v) is 7.45. The molecule has 0 atom stereocenters. The van der Waals surface area contributed by atoms with Crippen LogP contribution in [0.25, 0.3) is 22.3 Å². The summed E-state index contributed by atoms with van der Waals surface area (Å²) in [6, 6.07) is 23.2. The summed E-state index contributed by atoms with van der Waals surface area (Å²) in [7, 11) is 0. The third-order valence-electron chi connectivity index (χ3n) is 3.29. The van der Waals surface area contributed by atoms with Crippen LogP contribution < -0.4 is 0 Å². The molecule has 0 saturated carbocycles. The molecule has 0 aliphatic carbocycles. The first kappa shape index (κ1) is 15.0. The van der Waals surface area contributed by atoms with Gasteiger partial charge in [-0.1, -0.05) is 78.1 Å². The van der Waals surface area contributed by atoms with Gasteiger partial charge < -0.3 is 0 Å². The van der Waals surface area contributed by atoms with E-state index in [4.69, 9.17) is 0 Å². The first-order valence-electron chi connectivity index (χ1n) is 6.45. The van der Waals surface area contributed by atoms with E-state index in [0.717, 1.165) is 13.4 Å². The molecule has 0 amide bonds. The minimum atomic E-state index is 1.08. The van der Waals surface area contributed by atoms with Crippen molar-refractivity contribution in [2.45, 2.75) is 0 Å². The highest BCUT2D eigenvalue weighted by atomic mass is 79.9. The highest BCUT2D eigenvalue weighted by Crippen LogP contribution is 2.35. The molecule has 0 nitrogen and oxygen atoms in total. The van der Waals surface area contributed by atoms with Crippen LogP contribution in [0.4, 0.5) is 0 Å². The van der Waals surface area contributed by atoms with Gasteiger partial charge in [0, 0.05) is 13.4 Å². The van der Waals surface area contributed by atoms with E-state index in [0.29, 0.717) is 0 Å². The normalized spacial score (nSPS) is 10.6. The Labute approximate surface area is 149 Å². The van der Waals surface area contributed by atoms with Gasteiger partial charge in [0.15, 0.2) is 0 Å². The van der Waals surface area contributed by atoms with Crippen molar-refractivity contribution in [3.8, 4) is 22.3 Å². The van der Waals surface area contributed by atoms with Crippen molar-refractivity contribution in [1.29, 1.82) is 0 Å². The van der Waals surface area contributed by atoms with Gasteiger partial charge >= 0.3 is 0 Å². The maximum atomic E-state index is 3.58. The second kappa shape index (κ2) is 6.47. The zero-order valence-corrected chi connectivity index (χ0v) is 15.7. The predicted octanol–water partition coefficient (Wildman–Crippen LogP) is 7.31. The van der Waals surface area contributed by atoms with Gasteiger partial charge in [0.05, 0.1) is 0 Å². The van der Waals surface area contributed by atoms with Crippen molar-refractivity contribution in [3.05, 3.63) is 80.1 Å². The van der Waals surface area contributed by atoms with Crippen LogP contribution in [0, 0.1) is 0 Å². The fourth-order valence-corrected chi connectivity index (χ4v) is 3.16. The maximum absolute atomic E-state index is 3.58. The van der Waals surface area contributed by atoms with Gasteiger partial charge in [0.25, 0.3) is 0 Å². The molecule has 21 heavy (non-hydrogen) atoms. The molecule has 0 bridgehead atoms. The quantitative estimate of drug-likeness (QED) is 0.371. The lowest BCUT2D eigenvalue weighted by atomic mass is 9.95. The van der Waals surface area contributed by atoms with Gasteiger partial charge in [-0.3, -0.25) is 0 Å². The van der Waals surface area contributed by atoms with Gasteiger partial charge in [0.2, 0.25) is 0 Å². The topological polar surface area (TPSA) is 0 Å². The Balaban J connectivity index is 2.17. The first-order chi connectivity index (χ1) is 10.1. The summed E-state index contributed by atoms with van der Waals surface area (Å²) in [5, 5.41) is 0. The molecule has 3 heteroatoms. The monoisotopic (exact) mass is 464 g/mol. The zero-order valence-electron chi connectivity index (χ0n) is 11.0. The summed E-state index contributed by atoms with van der Waals surface area (Å²) < 4.78 is 3.27. The first-order valence-corrected chi connectivity index (χ1v) is 8.83. The third kappa shape index (κ3) is 3.47. The van der Waals surface area contributed by atoms with Gasteiger partial charge in [0.1, 0.15) is 0 Å². The molecule has 0 radical (unpaired) electrons. The molecule has 0 saturated heterocycles. The van der Waals surface area contributed by atoms with Crippen molar-refractivity contribution in [1.82, 2.24) is 0 Å². The Morgan fingerprint density at radius 3 is 1.38 bits per heavy atom. The maximum Gasteiger partial charge on any atom is 0.0181 e. The van der Waals surface area contributed by atoms with E-state index in [1.807, 2.05) is 0 Å². The molecule has 0 N–H and O–H groups in total. The van der Waals surface area contributed by atoms with E-state index in [-0.39, 0.29) is 0 Å². The van der Waals surface area contributed by atoms with Gasteiger partial charge in [-0.15, -0.1) is 0 Å². The van der Waals surface area contributed by atoms with E-state index in [9.17, 15) is 0 Å². The van der Waals surface area contributed by atoms with Crippen molar-refractivity contribution in [3.63, 3.8) is 0 Å². The SMILES string of the molecule is Brc1ccc(-c2ccc(Br)cc2-c2ccc(Br)cc2)cc1. The lowest BCUT2D eigenvalue weighted by Crippen LogP contribution is -1.85. The van der Waals surface area contributed by atoms with Crippen LogP contribution in [0.3, 0.4) is 0 Å². The van der Waals surface area contributed by atoms with Crippen LogP contribution in [0.1, 0.15) is 0 Å². The molecule has 0 aliphatic heterocycles. The lowest BCUT2D eigenvalue weighted by Gasteiger charge is -2.11. The summed E-state index contributed by atoms with van der Waals surface area (Å²) >= 11 is 10.6. The van der Waals surface area contributed by atoms with E-state index in [2.05, 4.69) is 115 Å². The summed E-state index contributed by atoms with van der Waals surface area (Å²) in [5.41, 5.74) is 4.87. The Kier molecular flexibility index (Phi) is 4.63. The molecule has 0 spiro atoms. The largest absolute Gasteiger partial charge is 0.0532 e. The average molecular weight is 467 g/mol. The minimum absolute atomic E-state index is 1.08. The molecule has 0 heterocycles. The van der Waals surface area contributed by atoms with Crippen LogP contribution in [0.15, 0.2) is 80.1 Å². The highest BCUT2D eigenvalue weighted by molar-refractivity contribution is 9.11. The fraction of sp³-hybridized carbons (Fsp3) is 0. The molecule has 0 unspecified atom stereocenters. The molecule has 104 valence electrons. The molecule has 3 aromatic rings. The van der Waals surface area contributed by atoms with Crippen molar-refractivity contribution < 1.29 is 0 Å². The summed E-state index contributed by atoms with van der Waals surface area (Å²) in [5.74, 6) is 0. The number of benzene rings is 3. The van der Waals surface area contributed by atoms with Crippen molar-refractivity contribution in [2.75, 3.05) is 0 Å². The number of rotatable bonds is 2. The number of hydrogen-bond donors (Lipinski definition) is 0. The molecule has 0 fully saturated rings.